The van der Waals surface area contributed by atoms with Gasteiger partial charge in [-0.05, 0) is 42.0 Å². The highest BCUT2D eigenvalue weighted by Gasteiger charge is 2.63. The van der Waals surface area contributed by atoms with E-state index in [1.54, 1.807) is 0 Å². The number of pyridine rings is 1. The van der Waals surface area contributed by atoms with Gasteiger partial charge in [-0.15, -0.1) is 0 Å². The normalized spacial score (nSPS) is 16.8. The van der Waals surface area contributed by atoms with Gasteiger partial charge >= 0.3 is 12.1 Å². The molecule has 1 unspecified atom stereocenters. The van der Waals surface area contributed by atoms with Crippen molar-refractivity contribution in [2.24, 2.45) is 5.10 Å². The Kier molecular flexibility index (Phi) is 6.31. The minimum absolute atomic E-state index is 0.0450. The molecule has 1 aliphatic rings. The van der Waals surface area contributed by atoms with Gasteiger partial charge in [0.15, 0.2) is 15.7 Å². The Hall–Kier alpha value is -3.48. The van der Waals surface area contributed by atoms with Crippen LogP contribution in [-0.2, 0) is 9.84 Å². The highest BCUT2D eigenvalue weighted by atomic mass is 32.2. The molecule has 0 spiro atoms. The maximum atomic E-state index is 14.5. The number of anilines is 1. The Balaban J connectivity index is 1.77. The second kappa shape index (κ2) is 8.87. The molecular weight excluding hydrogens is 515 g/mol. The summed E-state index contributed by atoms with van der Waals surface area (Å²) in [6, 6.07) is 9.18. The maximum Gasteiger partial charge on any atom is 0.459 e. The van der Waals surface area contributed by atoms with Crippen molar-refractivity contribution >= 4 is 21.2 Å². The van der Waals surface area contributed by atoms with Crippen LogP contribution in [0, 0.1) is 11.6 Å². The smallest absolute Gasteiger partial charge is 0.256 e. The third kappa shape index (κ3) is 4.79. The van der Waals surface area contributed by atoms with Gasteiger partial charge in [-0.2, -0.15) is 27.1 Å². The van der Waals surface area contributed by atoms with Crippen molar-refractivity contribution in [3.8, 4) is 11.3 Å². The van der Waals surface area contributed by atoms with Crippen LogP contribution in [0.15, 0.2) is 70.8 Å². The molecule has 0 fully saturated rings. The van der Waals surface area contributed by atoms with Gasteiger partial charge in [0, 0.05) is 30.5 Å². The van der Waals surface area contributed by atoms with E-state index >= 15 is 0 Å². The van der Waals surface area contributed by atoms with Gasteiger partial charge in [0.05, 0.1) is 22.3 Å². The minimum Gasteiger partial charge on any atom is -0.256 e. The molecule has 0 bridgehead atoms. The lowest BCUT2D eigenvalue weighted by Gasteiger charge is -2.24. The number of alkyl halides is 5. The molecule has 1 aliphatic heterocycles. The molecule has 4 rings (SSSR count). The van der Waals surface area contributed by atoms with Crippen LogP contribution in [0.1, 0.15) is 18.0 Å². The Labute approximate surface area is 200 Å². The van der Waals surface area contributed by atoms with E-state index in [-0.39, 0.29) is 16.2 Å². The predicted octanol–water partition coefficient (Wildman–Crippen LogP) is 5.94. The first kappa shape index (κ1) is 25.6. The number of hydrogen-bond acceptors (Lipinski definition) is 5. The summed E-state index contributed by atoms with van der Waals surface area (Å²) in [5.41, 5.74) is -1.16. The van der Waals surface area contributed by atoms with Gasteiger partial charge in [-0.1, -0.05) is 12.1 Å². The fraction of sp³-hybridized carbons (Fsp3) is 0.217. The molecule has 0 radical (unpaired) electrons. The molecule has 0 saturated heterocycles. The third-order valence-corrected chi connectivity index (χ3v) is 6.66. The van der Waals surface area contributed by atoms with Gasteiger partial charge < -0.3 is 0 Å². The van der Waals surface area contributed by atoms with Gasteiger partial charge in [0.1, 0.15) is 11.5 Å². The van der Waals surface area contributed by atoms with Crippen LogP contribution in [0.25, 0.3) is 11.3 Å². The van der Waals surface area contributed by atoms with E-state index in [1.165, 1.54) is 42.6 Å². The molecule has 36 heavy (non-hydrogen) atoms. The highest BCUT2D eigenvalue weighted by molar-refractivity contribution is 7.90. The number of benzene rings is 2. The van der Waals surface area contributed by atoms with Gasteiger partial charge in [0.25, 0.3) is 0 Å². The molecule has 0 saturated carbocycles. The molecule has 13 heteroatoms. The van der Waals surface area contributed by atoms with Crippen LogP contribution in [0.5, 0.6) is 0 Å². The molecule has 190 valence electrons. The summed E-state index contributed by atoms with van der Waals surface area (Å²) in [7, 11) is -3.47. The van der Waals surface area contributed by atoms with Crippen LogP contribution in [-0.4, -0.2) is 37.5 Å². The first-order chi connectivity index (χ1) is 16.7. The number of halogens is 7. The molecular formula is C23H16F7N3O2S. The standard InChI is InChI=1S/C23H16F7N3O2S/c1-36(34,35)16-5-2-13(3-6-16)18-10-14(8-9-31-18)20-12-21(22(26,27)23(28,29)30)32-33(20)19-7-4-15(24)11-17(19)25/h2-11,20H,12H2,1H3. The first-order valence-electron chi connectivity index (χ1n) is 10.2. The number of sulfone groups is 1. The molecule has 1 aromatic heterocycles. The summed E-state index contributed by atoms with van der Waals surface area (Å²) in [5, 5.41) is 4.08. The summed E-state index contributed by atoms with van der Waals surface area (Å²) in [6.07, 6.45) is -4.54. The van der Waals surface area contributed by atoms with Gasteiger partial charge in [-0.25, -0.2) is 17.2 Å². The molecule has 0 aliphatic carbocycles. The third-order valence-electron chi connectivity index (χ3n) is 5.53. The van der Waals surface area contributed by atoms with E-state index in [0.717, 1.165) is 18.4 Å². The summed E-state index contributed by atoms with van der Waals surface area (Å²) >= 11 is 0. The summed E-state index contributed by atoms with van der Waals surface area (Å²) in [5.74, 6) is -7.46. The van der Waals surface area contributed by atoms with Crippen LogP contribution in [0.4, 0.5) is 36.4 Å². The average Bonchev–Trinajstić information content (AvgIpc) is 3.24. The van der Waals surface area contributed by atoms with Crippen LogP contribution in [0.3, 0.4) is 0 Å². The largest absolute Gasteiger partial charge is 0.459 e. The van der Waals surface area contributed by atoms with Crippen LogP contribution in [0.2, 0.25) is 0 Å². The summed E-state index contributed by atoms with van der Waals surface area (Å²) in [4.78, 5) is 4.19. The van der Waals surface area contributed by atoms with Crippen LogP contribution >= 0.6 is 0 Å². The van der Waals surface area contributed by atoms with Gasteiger partial charge in [-0.3, -0.25) is 9.99 Å². The minimum atomic E-state index is -5.93. The van der Waals surface area contributed by atoms with E-state index in [1.807, 2.05) is 0 Å². The van der Waals surface area contributed by atoms with Crippen molar-refractivity contribution in [3.05, 3.63) is 78.0 Å². The van der Waals surface area contributed by atoms with Crippen LogP contribution < -0.4 is 5.01 Å². The summed E-state index contributed by atoms with van der Waals surface area (Å²) in [6.45, 7) is 0. The number of nitrogens with zero attached hydrogens (tertiary/aromatic N) is 3. The molecule has 2 heterocycles. The Morgan fingerprint density at radius 2 is 1.61 bits per heavy atom. The molecule has 3 aromatic rings. The fourth-order valence-corrected chi connectivity index (χ4v) is 4.33. The molecule has 2 aromatic carbocycles. The maximum absolute atomic E-state index is 14.5. The van der Waals surface area contributed by atoms with E-state index in [9.17, 15) is 39.2 Å². The SMILES string of the molecule is CS(=O)(=O)c1ccc(-c2cc(C3CC(C(F)(F)C(F)(F)F)=NN3c3ccc(F)cc3F)ccn2)cc1. The van der Waals surface area contributed by atoms with E-state index in [0.29, 0.717) is 16.6 Å². The van der Waals surface area contributed by atoms with Crippen molar-refractivity contribution < 1.29 is 39.2 Å². The zero-order chi connectivity index (χ0) is 26.5. The molecule has 0 N–H and O–H groups in total. The number of hydrazone groups is 1. The van der Waals surface area contributed by atoms with Crippen molar-refractivity contribution in [1.29, 1.82) is 0 Å². The Morgan fingerprint density at radius 3 is 2.19 bits per heavy atom. The zero-order valence-corrected chi connectivity index (χ0v) is 19.1. The second-order valence-corrected chi connectivity index (χ2v) is 10.1. The number of aromatic nitrogens is 1. The van der Waals surface area contributed by atoms with Gasteiger partial charge in [0.2, 0.25) is 0 Å². The fourth-order valence-electron chi connectivity index (χ4n) is 3.70. The van der Waals surface area contributed by atoms with E-state index < -0.39 is 57.4 Å². The number of hydrogen-bond donors (Lipinski definition) is 0. The van der Waals surface area contributed by atoms with Crippen molar-refractivity contribution in [2.45, 2.75) is 29.5 Å². The molecule has 0 amide bonds. The molecule has 1 atom stereocenters. The van der Waals surface area contributed by atoms with Crippen molar-refractivity contribution in [3.63, 3.8) is 0 Å². The lowest BCUT2D eigenvalue weighted by atomic mass is 9.97. The predicted molar refractivity (Wildman–Crippen MR) is 117 cm³/mol. The van der Waals surface area contributed by atoms with E-state index in [2.05, 4.69) is 10.1 Å². The first-order valence-corrected chi connectivity index (χ1v) is 12.1. The Bertz CT molecular complexity index is 1440. The summed E-state index contributed by atoms with van der Waals surface area (Å²) < 4.78 is 119. The second-order valence-electron chi connectivity index (χ2n) is 8.05. The highest BCUT2D eigenvalue weighted by Crippen LogP contribution is 2.45. The monoisotopic (exact) mass is 531 g/mol. The molecule has 5 nitrogen and oxygen atoms in total. The number of rotatable bonds is 5. The zero-order valence-electron chi connectivity index (χ0n) is 18.3. The average molecular weight is 531 g/mol. The van der Waals surface area contributed by atoms with Crippen molar-refractivity contribution in [2.75, 3.05) is 11.3 Å². The van der Waals surface area contributed by atoms with E-state index in [4.69, 9.17) is 0 Å². The Morgan fingerprint density at radius 1 is 0.944 bits per heavy atom. The van der Waals surface area contributed by atoms with Crippen molar-refractivity contribution in [1.82, 2.24) is 4.98 Å². The topological polar surface area (TPSA) is 62.6 Å². The lowest BCUT2D eigenvalue weighted by Crippen LogP contribution is -2.43. The lowest BCUT2D eigenvalue weighted by molar-refractivity contribution is -0.249. The quantitative estimate of drug-likeness (QED) is 0.383.